The predicted molar refractivity (Wildman–Crippen MR) is 223 cm³/mol. The van der Waals surface area contributed by atoms with Crippen LogP contribution in [0.4, 0.5) is 0 Å². The smallest absolute Gasteiger partial charge is 0.268 e. The Hall–Kier alpha value is -2.06. The van der Waals surface area contributed by atoms with Gasteiger partial charge in [-0.1, -0.05) is 138 Å². The number of quaternary nitrogens is 1. The zero-order chi connectivity index (χ0) is 39.3. The van der Waals surface area contributed by atoms with Crippen LogP contribution in [0.15, 0.2) is 72.9 Å². The standard InChI is InChI=1S/C44H79N2O6P/c1-6-8-10-12-14-16-18-20-22-23-24-26-28-30-32-34-36-38-44(48)45-42(41-52-53(49,50)51-40-39-46(3,4)5)43(47)37-35-33-31-29-27-25-21-19-17-15-13-11-9-7-2/h8,10,14,16-17,19-20,22,27,29,35,37,42-43,47H,6-7,9,11-13,15,18,21,23-26,28,30-34,36,38-41H2,1-5H3,(H-,45,48,49,50)/b10-8-,16-14-,19-17+,22-20-,29-27+,37-35+. The summed E-state index contributed by atoms with van der Waals surface area (Å²) < 4.78 is 23.1. The molecule has 0 rings (SSSR count). The van der Waals surface area contributed by atoms with Gasteiger partial charge in [-0.3, -0.25) is 9.36 Å². The summed E-state index contributed by atoms with van der Waals surface area (Å²) in [5, 5.41) is 13.7. The van der Waals surface area contributed by atoms with E-state index in [9.17, 15) is 19.4 Å². The van der Waals surface area contributed by atoms with E-state index in [2.05, 4.69) is 79.9 Å². The number of carbonyl (C=O) groups excluding carboxylic acids is 1. The van der Waals surface area contributed by atoms with Crippen LogP contribution in [0.3, 0.4) is 0 Å². The molecule has 8 nitrogen and oxygen atoms in total. The Kier molecular flexibility index (Phi) is 34.2. The number of aliphatic hydroxyl groups excluding tert-OH is 1. The van der Waals surface area contributed by atoms with Crippen LogP contribution in [0.5, 0.6) is 0 Å². The van der Waals surface area contributed by atoms with Crippen LogP contribution in [0.2, 0.25) is 0 Å². The summed E-state index contributed by atoms with van der Waals surface area (Å²) in [6.07, 6.45) is 46.6. The molecule has 0 radical (unpaired) electrons. The van der Waals surface area contributed by atoms with E-state index in [-0.39, 0.29) is 12.5 Å². The zero-order valence-corrected chi connectivity index (χ0v) is 35.3. The molecule has 306 valence electrons. The lowest BCUT2D eigenvalue weighted by Crippen LogP contribution is -2.45. The number of aliphatic hydroxyl groups is 1. The SMILES string of the molecule is CC/C=C\C/C=C\C/C=C\CCCCCCCCCC(=O)NC(COP(=O)([O-])OCC[N+](C)(C)C)C(O)/C=C/CC/C=C/CC/C=C/CCCCCC. The van der Waals surface area contributed by atoms with Crippen molar-refractivity contribution in [1.82, 2.24) is 5.32 Å². The molecule has 53 heavy (non-hydrogen) atoms. The zero-order valence-electron chi connectivity index (χ0n) is 34.4. The number of likely N-dealkylation sites (N-methyl/N-ethyl adjacent to an activating group) is 1. The molecular formula is C44H79N2O6P. The number of allylic oxidation sites excluding steroid dienone is 11. The highest BCUT2D eigenvalue weighted by Gasteiger charge is 2.23. The minimum absolute atomic E-state index is 0.0148. The first-order valence-corrected chi connectivity index (χ1v) is 22.3. The number of phosphoric acid groups is 1. The number of carbonyl (C=O) groups is 1. The Balaban J connectivity index is 4.57. The topological polar surface area (TPSA) is 108 Å². The molecule has 2 N–H and O–H groups in total. The van der Waals surface area contributed by atoms with Gasteiger partial charge < -0.3 is 28.8 Å². The minimum Gasteiger partial charge on any atom is -0.756 e. The van der Waals surface area contributed by atoms with E-state index in [0.29, 0.717) is 17.4 Å². The Morgan fingerprint density at radius 2 is 1.17 bits per heavy atom. The first kappa shape index (κ1) is 50.9. The van der Waals surface area contributed by atoms with Gasteiger partial charge >= 0.3 is 0 Å². The molecule has 0 saturated heterocycles. The van der Waals surface area contributed by atoms with Crippen LogP contribution in [0, 0.1) is 0 Å². The van der Waals surface area contributed by atoms with E-state index in [1.54, 1.807) is 6.08 Å². The van der Waals surface area contributed by atoms with Crippen LogP contribution in [0.1, 0.15) is 149 Å². The summed E-state index contributed by atoms with van der Waals surface area (Å²) in [6.45, 7) is 4.44. The van der Waals surface area contributed by atoms with Gasteiger partial charge in [-0.15, -0.1) is 0 Å². The first-order chi connectivity index (χ1) is 25.5. The Morgan fingerprint density at radius 1 is 0.679 bits per heavy atom. The maximum Gasteiger partial charge on any atom is 0.268 e. The molecule has 0 aliphatic heterocycles. The average Bonchev–Trinajstić information content (AvgIpc) is 3.10. The van der Waals surface area contributed by atoms with Crippen LogP contribution >= 0.6 is 7.82 Å². The average molecular weight is 763 g/mol. The number of hydrogen-bond acceptors (Lipinski definition) is 6. The van der Waals surface area contributed by atoms with Crippen molar-refractivity contribution in [2.24, 2.45) is 0 Å². The van der Waals surface area contributed by atoms with E-state index >= 15 is 0 Å². The first-order valence-electron chi connectivity index (χ1n) is 20.8. The van der Waals surface area contributed by atoms with Gasteiger partial charge in [0.1, 0.15) is 13.2 Å². The normalized spacial score (nSPS) is 15.2. The molecule has 9 heteroatoms. The summed E-state index contributed by atoms with van der Waals surface area (Å²) in [6, 6.07) is -0.916. The molecule has 3 atom stereocenters. The Labute approximate surface area is 325 Å². The van der Waals surface area contributed by atoms with Gasteiger partial charge in [0.2, 0.25) is 5.91 Å². The van der Waals surface area contributed by atoms with Gasteiger partial charge in [0.25, 0.3) is 7.82 Å². The molecule has 0 aliphatic carbocycles. The highest BCUT2D eigenvalue weighted by Crippen LogP contribution is 2.38. The predicted octanol–water partition coefficient (Wildman–Crippen LogP) is 10.6. The lowest BCUT2D eigenvalue weighted by molar-refractivity contribution is -0.870. The van der Waals surface area contributed by atoms with Crippen molar-refractivity contribution in [2.45, 2.75) is 161 Å². The largest absolute Gasteiger partial charge is 0.756 e. The lowest BCUT2D eigenvalue weighted by atomic mass is 10.1. The van der Waals surface area contributed by atoms with Gasteiger partial charge in [0.05, 0.1) is 39.9 Å². The van der Waals surface area contributed by atoms with E-state index in [1.165, 1.54) is 44.9 Å². The number of nitrogens with one attached hydrogen (secondary N) is 1. The molecule has 0 saturated carbocycles. The summed E-state index contributed by atoms with van der Waals surface area (Å²) in [5.41, 5.74) is 0. The molecule has 3 unspecified atom stereocenters. The highest BCUT2D eigenvalue weighted by atomic mass is 31.2. The fourth-order valence-electron chi connectivity index (χ4n) is 5.31. The number of rotatable bonds is 36. The van der Waals surface area contributed by atoms with Crippen molar-refractivity contribution >= 4 is 13.7 Å². The van der Waals surface area contributed by atoms with Gasteiger partial charge in [-0.25, -0.2) is 0 Å². The number of hydrogen-bond donors (Lipinski definition) is 2. The third-order valence-corrected chi connectivity index (χ3v) is 9.59. The second kappa shape index (κ2) is 35.6. The van der Waals surface area contributed by atoms with Crippen LogP contribution < -0.4 is 10.2 Å². The monoisotopic (exact) mass is 763 g/mol. The lowest BCUT2D eigenvalue weighted by Gasteiger charge is -2.29. The maximum atomic E-state index is 12.8. The van der Waals surface area contributed by atoms with Crippen molar-refractivity contribution in [3.05, 3.63) is 72.9 Å². The van der Waals surface area contributed by atoms with Crippen molar-refractivity contribution in [3.63, 3.8) is 0 Å². The molecule has 0 aromatic heterocycles. The summed E-state index contributed by atoms with van der Waals surface area (Å²) in [5.74, 6) is -0.227. The molecular weight excluding hydrogens is 683 g/mol. The second-order valence-corrected chi connectivity index (χ2v) is 16.3. The summed E-state index contributed by atoms with van der Waals surface area (Å²) >= 11 is 0. The Morgan fingerprint density at radius 3 is 1.75 bits per heavy atom. The molecule has 0 heterocycles. The fraction of sp³-hybridized carbons (Fsp3) is 0.705. The van der Waals surface area contributed by atoms with Crippen molar-refractivity contribution < 1.29 is 32.9 Å². The molecule has 0 bridgehead atoms. The van der Waals surface area contributed by atoms with Gasteiger partial charge in [0, 0.05) is 6.42 Å². The maximum absolute atomic E-state index is 12.8. The van der Waals surface area contributed by atoms with E-state index in [4.69, 9.17) is 9.05 Å². The number of unbranched alkanes of at least 4 members (excludes halogenated alkanes) is 13. The molecule has 0 spiro atoms. The van der Waals surface area contributed by atoms with Crippen molar-refractivity contribution in [2.75, 3.05) is 40.9 Å². The van der Waals surface area contributed by atoms with Crippen LogP contribution in [-0.2, 0) is 18.4 Å². The number of nitrogens with zero attached hydrogens (tertiary/aromatic N) is 1. The molecule has 0 fully saturated rings. The van der Waals surface area contributed by atoms with Gasteiger partial charge in [0.15, 0.2) is 0 Å². The van der Waals surface area contributed by atoms with Crippen LogP contribution in [-0.4, -0.2) is 68.5 Å². The fourth-order valence-corrected chi connectivity index (χ4v) is 6.04. The van der Waals surface area contributed by atoms with E-state index < -0.39 is 26.6 Å². The summed E-state index contributed by atoms with van der Waals surface area (Å²) in [4.78, 5) is 25.2. The van der Waals surface area contributed by atoms with Gasteiger partial charge in [-0.05, 0) is 77.0 Å². The summed E-state index contributed by atoms with van der Waals surface area (Å²) in [7, 11) is 1.21. The number of phosphoric ester groups is 1. The quantitative estimate of drug-likeness (QED) is 0.0285. The third kappa shape index (κ3) is 38.0. The third-order valence-electron chi connectivity index (χ3n) is 8.63. The number of amides is 1. The van der Waals surface area contributed by atoms with Crippen molar-refractivity contribution in [3.8, 4) is 0 Å². The van der Waals surface area contributed by atoms with E-state index in [0.717, 1.165) is 83.5 Å². The highest BCUT2D eigenvalue weighted by molar-refractivity contribution is 7.45. The van der Waals surface area contributed by atoms with Gasteiger partial charge in [-0.2, -0.15) is 0 Å². The molecule has 0 aliphatic rings. The minimum atomic E-state index is -4.60. The van der Waals surface area contributed by atoms with Crippen LogP contribution in [0.25, 0.3) is 0 Å². The van der Waals surface area contributed by atoms with E-state index in [1.807, 2.05) is 27.2 Å². The molecule has 0 aromatic carbocycles. The second-order valence-electron chi connectivity index (χ2n) is 14.9. The molecule has 0 aromatic rings. The molecule has 1 amide bonds. The Bertz CT molecular complexity index is 1090. The van der Waals surface area contributed by atoms with Crippen molar-refractivity contribution in [1.29, 1.82) is 0 Å².